The standard InChI is InChI=1S/C13H12FNO4/c1-7(17)10-11(8-3-2-4-9(14)5-8)15(6-16)13(19)12(10)18/h2-5,11,16,18H,6H2,1H3/t11-/m1/s1. The van der Waals surface area contributed by atoms with Gasteiger partial charge < -0.3 is 15.1 Å². The number of amides is 1. The number of hydrogen-bond donors (Lipinski definition) is 2. The molecule has 0 bridgehead atoms. The van der Waals surface area contributed by atoms with Gasteiger partial charge in [0.2, 0.25) is 0 Å². The number of Topliss-reactive ketones (excluding diaryl/α,β-unsaturated/α-hetero) is 1. The lowest BCUT2D eigenvalue weighted by Gasteiger charge is -2.24. The number of aliphatic hydroxyl groups excluding tert-OH is 2. The minimum absolute atomic E-state index is 0.135. The Morgan fingerprint density at radius 2 is 2.16 bits per heavy atom. The van der Waals surface area contributed by atoms with Gasteiger partial charge in [-0.25, -0.2) is 4.39 Å². The molecule has 0 aromatic heterocycles. The fraction of sp³-hybridized carbons (Fsp3) is 0.231. The molecule has 1 amide bonds. The van der Waals surface area contributed by atoms with Crippen molar-refractivity contribution in [1.82, 2.24) is 4.90 Å². The second-order valence-corrected chi connectivity index (χ2v) is 4.19. The first kappa shape index (κ1) is 13.2. The first-order valence-electron chi connectivity index (χ1n) is 5.58. The number of benzene rings is 1. The Bertz CT molecular complexity index is 582. The zero-order chi connectivity index (χ0) is 14.2. The maximum atomic E-state index is 13.2. The van der Waals surface area contributed by atoms with Gasteiger partial charge in [0.25, 0.3) is 5.91 Å². The van der Waals surface area contributed by atoms with Crippen molar-refractivity contribution in [2.75, 3.05) is 6.73 Å². The van der Waals surface area contributed by atoms with E-state index in [0.29, 0.717) is 5.56 Å². The lowest BCUT2D eigenvalue weighted by atomic mass is 9.97. The van der Waals surface area contributed by atoms with E-state index < -0.39 is 36.0 Å². The fourth-order valence-corrected chi connectivity index (χ4v) is 2.18. The molecule has 5 nitrogen and oxygen atoms in total. The van der Waals surface area contributed by atoms with Crippen LogP contribution >= 0.6 is 0 Å². The van der Waals surface area contributed by atoms with Crippen molar-refractivity contribution in [1.29, 1.82) is 0 Å². The van der Waals surface area contributed by atoms with E-state index in [-0.39, 0.29) is 5.57 Å². The van der Waals surface area contributed by atoms with Crippen molar-refractivity contribution >= 4 is 11.7 Å². The quantitative estimate of drug-likeness (QED) is 0.856. The summed E-state index contributed by atoms with van der Waals surface area (Å²) in [6.45, 7) is 0.521. The average molecular weight is 265 g/mol. The second kappa shape index (κ2) is 4.81. The SMILES string of the molecule is CC(=O)C1=C(O)C(=O)N(CO)[C@@H]1c1cccc(F)c1. The van der Waals surface area contributed by atoms with E-state index in [9.17, 15) is 24.2 Å². The highest BCUT2D eigenvalue weighted by Crippen LogP contribution is 2.37. The summed E-state index contributed by atoms with van der Waals surface area (Å²) in [4.78, 5) is 24.2. The van der Waals surface area contributed by atoms with Gasteiger partial charge in [0.15, 0.2) is 11.5 Å². The minimum atomic E-state index is -0.967. The molecule has 2 N–H and O–H groups in total. The summed E-state index contributed by atoms with van der Waals surface area (Å²) in [7, 11) is 0. The normalized spacial score (nSPS) is 19.2. The van der Waals surface area contributed by atoms with Crippen molar-refractivity contribution in [2.24, 2.45) is 0 Å². The van der Waals surface area contributed by atoms with Crippen molar-refractivity contribution < 1.29 is 24.2 Å². The third-order valence-corrected chi connectivity index (χ3v) is 3.00. The Hall–Kier alpha value is -2.21. The van der Waals surface area contributed by atoms with Gasteiger partial charge in [-0.15, -0.1) is 0 Å². The topological polar surface area (TPSA) is 77.8 Å². The third kappa shape index (κ3) is 2.10. The van der Waals surface area contributed by atoms with Gasteiger partial charge in [-0.1, -0.05) is 12.1 Å². The predicted octanol–water partition coefficient (Wildman–Crippen LogP) is 1.06. The molecule has 1 aliphatic rings. The Labute approximate surface area is 108 Å². The largest absolute Gasteiger partial charge is 0.503 e. The summed E-state index contributed by atoms with van der Waals surface area (Å²) in [5.41, 5.74) is 0.182. The molecule has 1 aliphatic heterocycles. The molecule has 0 unspecified atom stereocenters. The first-order valence-corrected chi connectivity index (χ1v) is 5.58. The van der Waals surface area contributed by atoms with Crippen LogP contribution in [0.3, 0.4) is 0 Å². The van der Waals surface area contributed by atoms with Crippen molar-refractivity contribution in [3.63, 3.8) is 0 Å². The van der Waals surface area contributed by atoms with E-state index in [1.165, 1.54) is 25.1 Å². The maximum Gasteiger partial charge on any atom is 0.291 e. The van der Waals surface area contributed by atoms with Crippen LogP contribution in [0.2, 0.25) is 0 Å². The van der Waals surface area contributed by atoms with Gasteiger partial charge in [0.05, 0.1) is 11.6 Å². The number of nitrogens with zero attached hydrogens (tertiary/aromatic N) is 1. The third-order valence-electron chi connectivity index (χ3n) is 3.00. The van der Waals surface area contributed by atoms with Crippen LogP contribution in [0.25, 0.3) is 0 Å². The summed E-state index contributed by atoms with van der Waals surface area (Å²) in [6, 6.07) is 4.36. The molecule has 0 fully saturated rings. The number of carbonyl (C=O) groups excluding carboxylic acids is 2. The van der Waals surface area contributed by atoms with Crippen LogP contribution in [0, 0.1) is 5.82 Å². The molecule has 0 saturated heterocycles. The van der Waals surface area contributed by atoms with Crippen LogP contribution in [-0.2, 0) is 9.59 Å². The van der Waals surface area contributed by atoms with Gasteiger partial charge in [-0.2, -0.15) is 0 Å². The Morgan fingerprint density at radius 1 is 1.47 bits per heavy atom. The molecule has 0 radical (unpaired) electrons. The molecule has 0 saturated carbocycles. The maximum absolute atomic E-state index is 13.2. The molecule has 2 rings (SSSR count). The fourth-order valence-electron chi connectivity index (χ4n) is 2.18. The Balaban J connectivity index is 2.57. The van der Waals surface area contributed by atoms with Gasteiger partial charge in [-0.3, -0.25) is 9.59 Å². The lowest BCUT2D eigenvalue weighted by molar-refractivity contribution is -0.133. The molecule has 1 aromatic rings. The Morgan fingerprint density at radius 3 is 2.68 bits per heavy atom. The summed E-state index contributed by atoms with van der Waals surface area (Å²) in [5, 5.41) is 18.9. The predicted molar refractivity (Wildman–Crippen MR) is 63.4 cm³/mol. The van der Waals surface area contributed by atoms with Crippen LogP contribution in [0.1, 0.15) is 18.5 Å². The van der Waals surface area contributed by atoms with Gasteiger partial charge in [-0.05, 0) is 24.6 Å². The summed E-state index contributed by atoms with van der Waals surface area (Å²) in [5.74, 6) is -2.58. The summed E-state index contributed by atoms with van der Waals surface area (Å²) < 4.78 is 13.2. The van der Waals surface area contributed by atoms with Crippen LogP contribution in [0.5, 0.6) is 0 Å². The van der Waals surface area contributed by atoms with E-state index in [4.69, 9.17) is 0 Å². The second-order valence-electron chi connectivity index (χ2n) is 4.19. The first-order chi connectivity index (χ1) is 8.97. The van der Waals surface area contributed by atoms with Crippen molar-refractivity contribution in [3.8, 4) is 0 Å². The van der Waals surface area contributed by atoms with Gasteiger partial charge >= 0.3 is 0 Å². The van der Waals surface area contributed by atoms with E-state index in [1.54, 1.807) is 0 Å². The van der Waals surface area contributed by atoms with Gasteiger partial charge in [0, 0.05) is 0 Å². The Kier molecular flexibility index (Phi) is 3.35. The number of halogens is 1. The van der Waals surface area contributed by atoms with Crippen LogP contribution < -0.4 is 0 Å². The molecule has 6 heteroatoms. The zero-order valence-electron chi connectivity index (χ0n) is 10.1. The van der Waals surface area contributed by atoms with E-state index in [1.807, 2.05) is 0 Å². The summed E-state index contributed by atoms with van der Waals surface area (Å²) in [6.07, 6.45) is 0. The molecule has 0 spiro atoms. The van der Waals surface area contributed by atoms with Crippen LogP contribution in [0.4, 0.5) is 4.39 Å². The number of aliphatic hydroxyl groups is 2. The monoisotopic (exact) mass is 265 g/mol. The molecule has 1 aromatic carbocycles. The zero-order valence-corrected chi connectivity index (χ0v) is 10.1. The van der Waals surface area contributed by atoms with Crippen molar-refractivity contribution in [2.45, 2.75) is 13.0 Å². The number of rotatable bonds is 3. The summed E-state index contributed by atoms with van der Waals surface area (Å²) >= 11 is 0. The molecular formula is C13H12FNO4. The van der Waals surface area contributed by atoms with Crippen molar-refractivity contribution in [3.05, 3.63) is 47.0 Å². The molecule has 1 heterocycles. The highest BCUT2D eigenvalue weighted by Gasteiger charge is 2.42. The highest BCUT2D eigenvalue weighted by molar-refractivity contribution is 6.08. The lowest BCUT2D eigenvalue weighted by Crippen LogP contribution is -2.31. The average Bonchev–Trinajstić information content (AvgIpc) is 2.62. The number of carbonyl (C=O) groups is 2. The van der Waals surface area contributed by atoms with E-state index >= 15 is 0 Å². The number of hydrogen-bond acceptors (Lipinski definition) is 4. The molecule has 1 atom stereocenters. The smallest absolute Gasteiger partial charge is 0.291 e. The molecular weight excluding hydrogens is 253 g/mol. The molecule has 19 heavy (non-hydrogen) atoms. The van der Waals surface area contributed by atoms with Gasteiger partial charge in [0.1, 0.15) is 12.5 Å². The van der Waals surface area contributed by atoms with E-state index in [2.05, 4.69) is 0 Å². The molecule has 100 valence electrons. The highest BCUT2D eigenvalue weighted by atomic mass is 19.1. The van der Waals surface area contributed by atoms with Crippen LogP contribution in [-0.4, -0.2) is 33.5 Å². The minimum Gasteiger partial charge on any atom is -0.503 e. The number of ketones is 1. The molecule has 0 aliphatic carbocycles. The van der Waals surface area contributed by atoms with E-state index in [0.717, 1.165) is 11.0 Å². The van der Waals surface area contributed by atoms with Crippen LogP contribution in [0.15, 0.2) is 35.6 Å².